The van der Waals surface area contributed by atoms with Crippen molar-refractivity contribution in [1.29, 1.82) is 0 Å². The molecule has 27 heavy (non-hydrogen) atoms. The first-order chi connectivity index (χ1) is 12.9. The van der Waals surface area contributed by atoms with Crippen LogP contribution >= 0.6 is 0 Å². The number of fused-ring (bicyclic) bond motifs is 1. The van der Waals surface area contributed by atoms with Crippen molar-refractivity contribution in [2.45, 2.75) is 24.3 Å². The van der Waals surface area contributed by atoms with E-state index < -0.39 is 15.8 Å². The predicted molar refractivity (Wildman–Crippen MR) is 103 cm³/mol. The Morgan fingerprint density at radius 2 is 1.81 bits per heavy atom. The number of pyridine rings is 1. The van der Waals surface area contributed by atoms with E-state index in [0.717, 1.165) is 29.9 Å². The maximum atomic E-state index is 13.0. The number of nitrogens with one attached hydrogen (secondary N) is 1. The monoisotopic (exact) mass is 383 g/mol. The molecule has 1 atom stereocenters. The van der Waals surface area contributed by atoms with E-state index in [2.05, 4.69) is 33.7 Å². The smallest absolute Gasteiger partial charge is 0.263 e. The zero-order valence-electron chi connectivity index (χ0n) is 14.6. The van der Waals surface area contributed by atoms with Gasteiger partial charge < -0.3 is 4.90 Å². The maximum absolute atomic E-state index is 13.0. The van der Waals surface area contributed by atoms with Gasteiger partial charge in [0, 0.05) is 11.7 Å². The Bertz CT molecular complexity index is 1070. The van der Waals surface area contributed by atoms with Crippen molar-refractivity contribution in [2.75, 3.05) is 9.62 Å². The zero-order chi connectivity index (χ0) is 19.0. The average molecular weight is 383 g/mol. The van der Waals surface area contributed by atoms with Crippen LogP contribution in [0.5, 0.6) is 0 Å². The Morgan fingerprint density at radius 1 is 1.07 bits per heavy atom. The van der Waals surface area contributed by atoms with Gasteiger partial charge in [-0.2, -0.15) is 0 Å². The van der Waals surface area contributed by atoms with Crippen molar-refractivity contribution in [3.8, 4) is 0 Å². The van der Waals surface area contributed by atoms with E-state index in [4.69, 9.17) is 0 Å². The van der Waals surface area contributed by atoms with Crippen LogP contribution in [0, 0.1) is 5.82 Å². The second-order valence-electron chi connectivity index (χ2n) is 6.51. The molecule has 7 heteroatoms. The van der Waals surface area contributed by atoms with E-state index in [1.807, 2.05) is 18.2 Å². The molecule has 5 nitrogen and oxygen atoms in total. The molecule has 1 N–H and O–H groups in total. The van der Waals surface area contributed by atoms with Crippen LogP contribution < -0.4 is 9.62 Å². The lowest BCUT2D eigenvalue weighted by atomic mass is 10.1. The van der Waals surface area contributed by atoms with E-state index in [0.29, 0.717) is 6.04 Å². The van der Waals surface area contributed by atoms with Crippen LogP contribution in [0.4, 0.5) is 21.6 Å². The third-order valence-corrected chi connectivity index (χ3v) is 5.97. The summed E-state index contributed by atoms with van der Waals surface area (Å²) in [5.74, 6) is -0.278. The third kappa shape index (κ3) is 3.38. The summed E-state index contributed by atoms with van der Waals surface area (Å²) >= 11 is 0. The van der Waals surface area contributed by atoms with Crippen LogP contribution in [-0.2, 0) is 16.4 Å². The van der Waals surface area contributed by atoms with Gasteiger partial charge in [-0.3, -0.25) is 4.72 Å². The number of aromatic nitrogens is 1. The van der Waals surface area contributed by atoms with Gasteiger partial charge in [0.2, 0.25) is 0 Å². The Labute approximate surface area is 157 Å². The standard InChI is InChI=1S/C20H18FN3O2S/c1-14-12-15-4-2-3-5-19(15)24(14)17-8-11-20(22-13-17)23-27(25,26)18-9-6-16(21)7-10-18/h2-11,13-14H,12H2,1H3,(H,22,23). The first-order valence-corrected chi connectivity index (χ1v) is 10.0. The van der Waals surface area contributed by atoms with Gasteiger partial charge in [0.15, 0.2) is 0 Å². The Hall–Kier alpha value is -2.93. The number of para-hydroxylation sites is 1. The molecule has 3 aromatic rings. The molecule has 138 valence electrons. The number of halogens is 1. The topological polar surface area (TPSA) is 62.3 Å². The molecule has 1 aliphatic rings. The van der Waals surface area contributed by atoms with Crippen molar-refractivity contribution in [3.05, 3.63) is 78.2 Å². The minimum absolute atomic E-state index is 0.0168. The largest absolute Gasteiger partial charge is 0.337 e. The second kappa shape index (κ2) is 6.66. The number of rotatable bonds is 4. The molecular weight excluding hydrogens is 365 g/mol. The van der Waals surface area contributed by atoms with Crippen molar-refractivity contribution >= 4 is 27.2 Å². The number of nitrogens with zero attached hydrogens (tertiary/aromatic N) is 2. The minimum Gasteiger partial charge on any atom is -0.337 e. The van der Waals surface area contributed by atoms with Crippen LogP contribution in [-0.4, -0.2) is 19.4 Å². The lowest BCUT2D eigenvalue weighted by Gasteiger charge is -2.24. The van der Waals surface area contributed by atoms with E-state index in [-0.39, 0.29) is 10.7 Å². The number of sulfonamides is 1. The molecule has 1 aromatic heterocycles. The van der Waals surface area contributed by atoms with Crippen LogP contribution in [0.3, 0.4) is 0 Å². The average Bonchev–Trinajstić information content (AvgIpc) is 2.98. The number of benzene rings is 2. The molecule has 2 heterocycles. The number of hydrogen-bond acceptors (Lipinski definition) is 4. The molecule has 0 bridgehead atoms. The summed E-state index contributed by atoms with van der Waals surface area (Å²) in [6, 6.07) is 16.6. The van der Waals surface area contributed by atoms with Gasteiger partial charge in [-0.05, 0) is 61.4 Å². The molecule has 1 aliphatic heterocycles. The van der Waals surface area contributed by atoms with Gasteiger partial charge in [0.25, 0.3) is 10.0 Å². The number of anilines is 3. The Balaban J connectivity index is 1.57. The van der Waals surface area contributed by atoms with Crippen LogP contribution in [0.1, 0.15) is 12.5 Å². The highest BCUT2D eigenvalue weighted by atomic mass is 32.2. The van der Waals surface area contributed by atoms with E-state index >= 15 is 0 Å². The molecule has 0 saturated carbocycles. The summed E-state index contributed by atoms with van der Waals surface area (Å²) in [6.07, 6.45) is 2.61. The molecule has 2 aromatic carbocycles. The molecule has 0 saturated heterocycles. The van der Waals surface area contributed by atoms with Crippen molar-refractivity contribution in [1.82, 2.24) is 4.98 Å². The van der Waals surface area contributed by atoms with E-state index in [9.17, 15) is 12.8 Å². The van der Waals surface area contributed by atoms with E-state index in [1.54, 1.807) is 12.3 Å². The summed E-state index contributed by atoms with van der Waals surface area (Å²) in [6.45, 7) is 2.14. The van der Waals surface area contributed by atoms with Gasteiger partial charge in [0.05, 0.1) is 16.8 Å². The normalized spacial score (nSPS) is 16.2. The fourth-order valence-electron chi connectivity index (χ4n) is 3.36. The molecular formula is C20H18FN3O2S. The Morgan fingerprint density at radius 3 is 2.52 bits per heavy atom. The van der Waals surface area contributed by atoms with Gasteiger partial charge in [0.1, 0.15) is 11.6 Å². The molecule has 0 amide bonds. The maximum Gasteiger partial charge on any atom is 0.263 e. The van der Waals surface area contributed by atoms with Gasteiger partial charge in [-0.25, -0.2) is 17.8 Å². The van der Waals surface area contributed by atoms with Crippen LogP contribution in [0.2, 0.25) is 0 Å². The van der Waals surface area contributed by atoms with E-state index in [1.165, 1.54) is 17.7 Å². The van der Waals surface area contributed by atoms with Gasteiger partial charge in [-0.15, -0.1) is 0 Å². The summed E-state index contributed by atoms with van der Waals surface area (Å²) < 4.78 is 40.2. The summed E-state index contributed by atoms with van der Waals surface area (Å²) in [7, 11) is -3.81. The molecule has 0 spiro atoms. The highest BCUT2D eigenvalue weighted by Gasteiger charge is 2.27. The zero-order valence-corrected chi connectivity index (χ0v) is 15.4. The summed E-state index contributed by atoms with van der Waals surface area (Å²) in [5.41, 5.74) is 3.33. The van der Waals surface area contributed by atoms with Crippen LogP contribution in [0.15, 0.2) is 71.8 Å². The highest BCUT2D eigenvalue weighted by Crippen LogP contribution is 2.37. The first-order valence-electron chi connectivity index (χ1n) is 8.56. The number of hydrogen-bond donors (Lipinski definition) is 1. The molecule has 0 aliphatic carbocycles. The quantitative estimate of drug-likeness (QED) is 0.737. The molecule has 1 unspecified atom stereocenters. The predicted octanol–water partition coefficient (Wildman–Crippen LogP) is 4.10. The van der Waals surface area contributed by atoms with Crippen molar-refractivity contribution in [2.24, 2.45) is 0 Å². The second-order valence-corrected chi connectivity index (χ2v) is 8.20. The van der Waals surface area contributed by atoms with Gasteiger partial charge >= 0.3 is 0 Å². The molecule has 0 fully saturated rings. The fraction of sp³-hybridized carbons (Fsp3) is 0.150. The summed E-state index contributed by atoms with van der Waals surface area (Å²) in [5, 5.41) is 0. The SMILES string of the molecule is CC1Cc2ccccc2N1c1ccc(NS(=O)(=O)c2ccc(F)cc2)nc1. The summed E-state index contributed by atoms with van der Waals surface area (Å²) in [4.78, 5) is 6.43. The lowest BCUT2D eigenvalue weighted by molar-refractivity contribution is 0.599. The fourth-order valence-corrected chi connectivity index (χ4v) is 4.37. The third-order valence-electron chi connectivity index (χ3n) is 4.60. The van der Waals surface area contributed by atoms with Crippen LogP contribution in [0.25, 0.3) is 0 Å². The minimum atomic E-state index is -3.81. The van der Waals surface area contributed by atoms with Crippen molar-refractivity contribution < 1.29 is 12.8 Å². The van der Waals surface area contributed by atoms with Crippen molar-refractivity contribution in [3.63, 3.8) is 0 Å². The van der Waals surface area contributed by atoms with Gasteiger partial charge in [-0.1, -0.05) is 18.2 Å². The molecule has 4 rings (SSSR count). The first kappa shape index (κ1) is 17.5. The Kier molecular flexibility index (Phi) is 4.31. The molecule has 0 radical (unpaired) electrons. The lowest BCUT2D eigenvalue weighted by Crippen LogP contribution is -2.24. The highest BCUT2D eigenvalue weighted by molar-refractivity contribution is 7.92.